The number of aromatic nitrogens is 3. The molecule has 0 unspecified atom stereocenters. The zero-order chi connectivity index (χ0) is 21.1. The molecule has 1 amide bonds. The number of pyridine rings is 1. The Bertz CT molecular complexity index is 1130. The summed E-state index contributed by atoms with van der Waals surface area (Å²) >= 11 is 6.64. The highest BCUT2D eigenvalue weighted by atomic mass is 35.5. The van der Waals surface area contributed by atoms with E-state index in [1.54, 1.807) is 13.0 Å². The molecule has 0 radical (unpaired) electrons. The number of aliphatic hydroxyl groups is 1. The molecule has 2 heterocycles. The number of hydrogen-bond acceptors (Lipinski definition) is 7. The Morgan fingerprint density at radius 2 is 2.21 bits per heavy atom. The maximum atomic E-state index is 14.8. The Kier molecular flexibility index (Phi) is 6.26. The van der Waals surface area contributed by atoms with Gasteiger partial charge in [-0.15, -0.1) is 5.10 Å². The molecule has 2 N–H and O–H groups in total. The summed E-state index contributed by atoms with van der Waals surface area (Å²) < 4.78 is 21.1. The molecule has 0 aliphatic carbocycles. The number of ether oxygens (including phenoxy) is 1. The second-order valence-electron chi connectivity index (χ2n) is 5.88. The molecule has 11 heteroatoms. The number of aryl methyl sites for hydroxylation is 1. The van der Waals surface area contributed by atoms with Gasteiger partial charge in [-0.05, 0) is 36.5 Å². The highest BCUT2D eigenvalue weighted by Gasteiger charge is 2.23. The topological polar surface area (TPSA) is 106 Å². The van der Waals surface area contributed by atoms with E-state index in [1.165, 1.54) is 25.4 Å². The first kappa shape index (κ1) is 20.9. The summed E-state index contributed by atoms with van der Waals surface area (Å²) in [4.78, 5) is 28.3. The van der Waals surface area contributed by atoms with Gasteiger partial charge in [0.2, 0.25) is 5.13 Å². The molecule has 0 aliphatic heterocycles. The predicted octanol–water partition coefficient (Wildman–Crippen LogP) is 2.72. The molecule has 152 valence electrons. The maximum Gasteiger partial charge on any atom is 0.326 e. The average molecular weight is 439 g/mol. The van der Waals surface area contributed by atoms with Crippen molar-refractivity contribution in [3.05, 3.63) is 56.2 Å². The fourth-order valence-corrected chi connectivity index (χ4v) is 3.50. The minimum Gasteiger partial charge on any atom is -0.496 e. The molecule has 0 saturated heterocycles. The standard InChI is InChI=1S/C18H16ClFN4O4S/c1-9-7-10(14-13(28-2)4-3-12(19)15(14)20)11(8-21-9)16(26)22-17-23-24(5-6-25)18(27)29-17/h3-4,7-8,25H,5-6H2,1-2H3,(H,22,23,26). The maximum absolute atomic E-state index is 14.8. The lowest BCUT2D eigenvalue weighted by atomic mass is 9.98. The number of nitrogens with one attached hydrogen (secondary N) is 1. The SMILES string of the molecule is COc1ccc(Cl)c(F)c1-c1cc(C)ncc1C(=O)Nc1nn(CCO)c(=O)s1. The minimum atomic E-state index is -0.734. The van der Waals surface area contributed by atoms with Crippen LogP contribution in [-0.2, 0) is 6.54 Å². The number of aliphatic hydroxyl groups excluding tert-OH is 1. The summed E-state index contributed by atoms with van der Waals surface area (Å²) in [7, 11) is 1.38. The zero-order valence-corrected chi connectivity index (χ0v) is 17.0. The summed E-state index contributed by atoms with van der Waals surface area (Å²) in [6.07, 6.45) is 1.30. The van der Waals surface area contributed by atoms with Crippen molar-refractivity contribution < 1.29 is 19.0 Å². The summed E-state index contributed by atoms with van der Waals surface area (Å²) in [5, 5.41) is 15.3. The first-order valence-corrected chi connectivity index (χ1v) is 9.54. The first-order chi connectivity index (χ1) is 13.8. The molecule has 3 rings (SSSR count). The van der Waals surface area contributed by atoms with Gasteiger partial charge in [-0.1, -0.05) is 11.6 Å². The van der Waals surface area contributed by atoms with Crippen LogP contribution in [0.3, 0.4) is 0 Å². The number of nitrogens with zero attached hydrogens (tertiary/aromatic N) is 3. The van der Waals surface area contributed by atoms with Crippen molar-refractivity contribution in [2.75, 3.05) is 19.0 Å². The Hall–Kier alpha value is -2.82. The van der Waals surface area contributed by atoms with E-state index in [0.29, 0.717) is 17.0 Å². The van der Waals surface area contributed by atoms with Gasteiger partial charge in [0.25, 0.3) is 5.91 Å². The third kappa shape index (κ3) is 4.29. The van der Waals surface area contributed by atoms with Crippen LogP contribution in [-0.4, -0.2) is 39.5 Å². The number of methoxy groups -OCH3 is 1. The molecule has 0 spiro atoms. The number of rotatable bonds is 6. The van der Waals surface area contributed by atoms with Gasteiger partial charge in [-0.3, -0.25) is 19.9 Å². The van der Waals surface area contributed by atoms with Crippen molar-refractivity contribution in [3.63, 3.8) is 0 Å². The van der Waals surface area contributed by atoms with Crippen molar-refractivity contribution >= 4 is 34.0 Å². The predicted molar refractivity (Wildman–Crippen MR) is 107 cm³/mol. The third-order valence-corrected chi connectivity index (χ3v) is 5.02. The van der Waals surface area contributed by atoms with E-state index in [-0.39, 0.29) is 45.7 Å². The lowest BCUT2D eigenvalue weighted by molar-refractivity contribution is 0.102. The molecule has 0 fully saturated rings. The van der Waals surface area contributed by atoms with Crippen molar-refractivity contribution in [3.8, 4) is 16.9 Å². The molecule has 0 aliphatic rings. The van der Waals surface area contributed by atoms with E-state index in [2.05, 4.69) is 15.4 Å². The van der Waals surface area contributed by atoms with Gasteiger partial charge in [0.15, 0.2) is 5.82 Å². The molecule has 29 heavy (non-hydrogen) atoms. The van der Waals surface area contributed by atoms with Gasteiger partial charge in [-0.25, -0.2) is 9.07 Å². The summed E-state index contributed by atoms with van der Waals surface area (Å²) in [5.41, 5.74) is 0.852. The first-order valence-electron chi connectivity index (χ1n) is 8.35. The Labute approximate surface area is 173 Å². The van der Waals surface area contributed by atoms with Crippen LogP contribution in [0.15, 0.2) is 29.2 Å². The number of halogens is 2. The molecule has 8 nitrogen and oxygen atoms in total. The Morgan fingerprint density at radius 1 is 1.45 bits per heavy atom. The highest BCUT2D eigenvalue weighted by Crippen LogP contribution is 2.38. The quantitative estimate of drug-likeness (QED) is 0.613. The van der Waals surface area contributed by atoms with Crippen molar-refractivity contribution in [2.45, 2.75) is 13.5 Å². The number of carbonyl (C=O) groups excluding carboxylic acids is 1. The van der Waals surface area contributed by atoms with Crippen LogP contribution in [0, 0.1) is 12.7 Å². The molecule has 0 bridgehead atoms. The Balaban J connectivity index is 2.06. The molecule has 3 aromatic rings. The van der Waals surface area contributed by atoms with E-state index in [4.69, 9.17) is 21.4 Å². The van der Waals surface area contributed by atoms with E-state index >= 15 is 0 Å². The second-order valence-corrected chi connectivity index (χ2v) is 7.23. The molecule has 0 saturated carbocycles. The largest absolute Gasteiger partial charge is 0.496 e. The average Bonchev–Trinajstić information content (AvgIpc) is 3.02. The molecule has 0 atom stereocenters. The van der Waals surface area contributed by atoms with Gasteiger partial charge in [0.05, 0.1) is 36.4 Å². The van der Waals surface area contributed by atoms with Crippen LogP contribution >= 0.6 is 22.9 Å². The number of hydrogen-bond donors (Lipinski definition) is 2. The summed E-state index contributed by atoms with van der Waals surface area (Å²) in [6.45, 7) is 1.44. The van der Waals surface area contributed by atoms with Crippen molar-refractivity contribution in [1.29, 1.82) is 0 Å². The lowest BCUT2D eigenvalue weighted by Gasteiger charge is -2.14. The van der Waals surface area contributed by atoms with Crippen molar-refractivity contribution in [1.82, 2.24) is 14.8 Å². The monoisotopic (exact) mass is 438 g/mol. The van der Waals surface area contributed by atoms with E-state index < -0.39 is 16.6 Å². The zero-order valence-electron chi connectivity index (χ0n) is 15.4. The van der Waals surface area contributed by atoms with Crippen LogP contribution in [0.4, 0.5) is 9.52 Å². The summed E-state index contributed by atoms with van der Waals surface area (Å²) in [5.74, 6) is -1.18. The fourth-order valence-electron chi connectivity index (χ4n) is 2.66. The van der Waals surface area contributed by atoms with E-state index in [9.17, 15) is 14.0 Å². The van der Waals surface area contributed by atoms with Crippen molar-refractivity contribution in [2.24, 2.45) is 0 Å². The van der Waals surface area contributed by atoms with E-state index in [0.717, 1.165) is 4.68 Å². The number of anilines is 1. The highest BCUT2D eigenvalue weighted by molar-refractivity contribution is 7.13. The molecule has 1 aromatic carbocycles. The van der Waals surface area contributed by atoms with Crippen LogP contribution in [0.25, 0.3) is 11.1 Å². The van der Waals surface area contributed by atoms with Crippen LogP contribution in [0.5, 0.6) is 5.75 Å². The molecule has 2 aromatic heterocycles. The second kappa shape index (κ2) is 8.68. The summed E-state index contributed by atoms with van der Waals surface area (Å²) in [6, 6.07) is 4.40. The molecular weight excluding hydrogens is 423 g/mol. The van der Waals surface area contributed by atoms with Crippen LogP contribution in [0.1, 0.15) is 16.1 Å². The number of benzene rings is 1. The smallest absolute Gasteiger partial charge is 0.326 e. The minimum absolute atomic E-state index is 0.00741. The Morgan fingerprint density at radius 3 is 2.90 bits per heavy atom. The van der Waals surface area contributed by atoms with E-state index in [1.807, 2.05) is 0 Å². The molecular formula is C18H16ClFN4O4S. The normalized spacial score (nSPS) is 10.8. The number of carbonyl (C=O) groups is 1. The van der Waals surface area contributed by atoms with Gasteiger partial charge in [-0.2, -0.15) is 0 Å². The van der Waals surface area contributed by atoms with Crippen LogP contribution in [0.2, 0.25) is 5.02 Å². The lowest BCUT2D eigenvalue weighted by Crippen LogP contribution is -2.17. The third-order valence-electron chi connectivity index (χ3n) is 3.97. The van der Waals surface area contributed by atoms with Gasteiger partial charge in [0.1, 0.15) is 5.75 Å². The fraction of sp³-hybridized carbons (Fsp3) is 0.222. The van der Waals surface area contributed by atoms with Gasteiger partial charge >= 0.3 is 4.87 Å². The van der Waals surface area contributed by atoms with Crippen LogP contribution < -0.4 is 14.9 Å². The van der Waals surface area contributed by atoms with Gasteiger partial charge in [0, 0.05) is 17.5 Å². The number of amides is 1. The van der Waals surface area contributed by atoms with Gasteiger partial charge < -0.3 is 9.84 Å².